The number of nitrogens with zero attached hydrogens (tertiary/aromatic N) is 2. The topological polar surface area (TPSA) is 53.0 Å². The Morgan fingerprint density at radius 1 is 1.39 bits per heavy atom. The Kier molecular flexibility index (Phi) is 7.74. The van der Waals surface area contributed by atoms with Crippen molar-refractivity contribution < 1.29 is 14.6 Å². The number of hydrogen-bond acceptors (Lipinski definition) is 4. The first kappa shape index (κ1) is 23.0. The molecule has 1 N–H and O–H groups in total. The Hall–Kier alpha value is -1.33. The van der Waals surface area contributed by atoms with E-state index in [0.717, 1.165) is 56.8 Å². The molecule has 0 bridgehead atoms. The van der Waals surface area contributed by atoms with Crippen LogP contribution in [0.25, 0.3) is 0 Å². The first-order valence-corrected chi connectivity index (χ1v) is 10.8. The second-order valence-electron chi connectivity index (χ2n) is 9.66. The molecular formula is C23H40N2O3. The van der Waals surface area contributed by atoms with E-state index >= 15 is 0 Å². The molecule has 0 saturated carbocycles. The predicted octanol–water partition coefficient (Wildman–Crippen LogP) is 4.51. The van der Waals surface area contributed by atoms with Crippen LogP contribution in [0.1, 0.15) is 67.7 Å². The van der Waals surface area contributed by atoms with E-state index in [0.29, 0.717) is 11.6 Å². The van der Waals surface area contributed by atoms with E-state index in [-0.39, 0.29) is 17.5 Å². The van der Waals surface area contributed by atoms with Crippen LogP contribution in [0, 0.1) is 11.3 Å². The number of aliphatic carboxylic acids is 1. The van der Waals surface area contributed by atoms with Gasteiger partial charge in [-0.15, -0.1) is 0 Å². The van der Waals surface area contributed by atoms with E-state index in [2.05, 4.69) is 57.4 Å². The molecule has 5 nitrogen and oxygen atoms in total. The molecule has 0 spiro atoms. The summed E-state index contributed by atoms with van der Waals surface area (Å²) in [7, 11) is 0. The third-order valence-electron chi connectivity index (χ3n) is 6.06. The molecule has 0 aromatic carbocycles. The van der Waals surface area contributed by atoms with Crippen molar-refractivity contribution in [2.45, 2.75) is 79.9 Å². The van der Waals surface area contributed by atoms with E-state index in [1.807, 2.05) is 6.92 Å². The smallest absolute Gasteiger partial charge is 0.337 e. The summed E-state index contributed by atoms with van der Waals surface area (Å²) in [5.41, 5.74) is 2.67. The average molecular weight is 393 g/mol. The van der Waals surface area contributed by atoms with Gasteiger partial charge in [0.2, 0.25) is 0 Å². The molecule has 2 heterocycles. The second-order valence-corrected chi connectivity index (χ2v) is 9.66. The Bertz CT molecular complexity index is 618. The van der Waals surface area contributed by atoms with Crippen LogP contribution in [0.2, 0.25) is 0 Å². The Balaban J connectivity index is 2.44. The van der Waals surface area contributed by atoms with Crippen LogP contribution < -0.4 is 0 Å². The van der Waals surface area contributed by atoms with Crippen LogP contribution in [0.15, 0.2) is 22.9 Å². The number of allylic oxidation sites excluding steroid dienone is 1. The molecule has 0 amide bonds. The zero-order chi connectivity index (χ0) is 21.1. The number of carbonyl (C=O) groups is 1. The summed E-state index contributed by atoms with van der Waals surface area (Å²) >= 11 is 0. The van der Waals surface area contributed by atoms with Crippen molar-refractivity contribution in [3.63, 3.8) is 0 Å². The summed E-state index contributed by atoms with van der Waals surface area (Å²) in [6.07, 6.45) is 5.37. The standard InChI is InChI=1S/C23H40N2O3/c1-8-16(2)21-20(22(26)27)17(3)14-19(24-12-13-28-15-18(24)4)25(21)11-9-10-23(5,6)7/h14,16,18-19H,8-13,15H2,1-7H3,(H,26,27)/t16?,18-,19?/m1/s1. The molecule has 5 heteroatoms. The van der Waals surface area contributed by atoms with Gasteiger partial charge in [0.1, 0.15) is 6.17 Å². The van der Waals surface area contributed by atoms with Gasteiger partial charge in [0.05, 0.1) is 18.8 Å². The van der Waals surface area contributed by atoms with E-state index < -0.39 is 5.97 Å². The highest BCUT2D eigenvalue weighted by Gasteiger charge is 2.37. The highest BCUT2D eigenvalue weighted by Crippen LogP contribution is 2.36. The third-order valence-corrected chi connectivity index (χ3v) is 6.06. The number of rotatable bonds is 7. The summed E-state index contributed by atoms with van der Waals surface area (Å²) < 4.78 is 5.66. The summed E-state index contributed by atoms with van der Waals surface area (Å²) in [4.78, 5) is 17.0. The van der Waals surface area contributed by atoms with Crippen LogP contribution in [0.4, 0.5) is 0 Å². The van der Waals surface area contributed by atoms with Crippen LogP contribution in [-0.2, 0) is 9.53 Å². The normalized spacial score (nSPS) is 25.7. The van der Waals surface area contributed by atoms with Crippen molar-refractivity contribution in [1.29, 1.82) is 0 Å². The van der Waals surface area contributed by atoms with Gasteiger partial charge in [-0.25, -0.2) is 4.79 Å². The number of ether oxygens (including phenoxy) is 1. The zero-order valence-corrected chi connectivity index (χ0v) is 18.9. The molecular weight excluding hydrogens is 352 g/mol. The Morgan fingerprint density at radius 3 is 2.61 bits per heavy atom. The van der Waals surface area contributed by atoms with Gasteiger partial charge < -0.3 is 14.7 Å². The van der Waals surface area contributed by atoms with Gasteiger partial charge in [0.25, 0.3) is 0 Å². The number of morpholine rings is 1. The summed E-state index contributed by atoms with van der Waals surface area (Å²) in [5, 5.41) is 9.99. The van der Waals surface area contributed by atoms with Gasteiger partial charge in [-0.05, 0) is 56.1 Å². The van der Waals surface area contributed by atoms with Gasteiger partial charge in [-0.1, -0.05) is 34.6 Å². The van der Waals surface area contributed by atoms with Crippen LogP contribution >= 0.6 is 0 Å². The largest absolute Gasteiger partial charge is 0.478 e. The maximum absolute atomic E-state index is 12.2. The first-order valence-electron chi connectivity index (χ1n) is 10.8. The van der Waals surface area contributed by atoms with Gasteiger partial charge in [-0.2, -0.15) is 0 Å². The highest BCUT2D eigenvalue weighted by molar-refractivity contribution is 5.93. The Labute approximate surface area is 171 Å². The third kappa shape index (κ3) is 5.38. The predicted molar refractivity (Wildman–Crippen MR) is 114 cm³/mol. The molecule has 0 radical (unpaired) electrons. The van der Waals surface area contributed by atoms with Gasteiger partial charge in [0, 0.05) is 24.8 Å². The van der Waals surface area contributed by atoms with Crippen molar-refractivity contribution in [2.24, 2.45) is 11.3 Å². The van der Waals surface area contributed by atoms with Gasteiger partial charge in [0.15, 0.2) is 0 Å². The maximum atomic E-state index is 12.2. The lowest BCUT2D eigenvalue weighted by molar-refractivity contribution is -0.132. The van der Waals surface area contributed by atoms with E-state index in [1.165, 1.54) is 0 Å². The minimum Gasteiger partial charge on any atom is -0.478 e. The zero-order valence-electron chi connectivity index (χ0n) is 18.9. The monoisotopic (exact) mass is 392 g/mol. The fourth-order valence-corrected chi connectivity index (χ4v) is 4.33. The molecule has 1 fully saturated rings. The van der Waals surface area contributed by atoms with E-state index in [1.54, 1.807) is 0 Å². The van der Waals surface area contributed by atoms with Crippen molar-refractivity contribution in [2.75, 3.05) is 26.3 Å². The lowest BCUT2D eigenvalue weighted by Gasteiger charge is -2.48. The molecule has 2 aliphatic rings. The van der Waals surface area contributed by atoms with E-state index in [4.69, 9.17) is 4.74 Å². The molecule has 0 aromatic rings. The molecule has 2 unspecified atom stereocenters. The van der Waals surface area contributed by atoms with Crippen LogP contribution in [0.3, 0.4) is 0 Å². The summed E-state index contributed by atoms with van der Waals surface area (Å²) in [6, 6.07) is 0.317. The summed E-state index contributed by atoms with van der Waals surface area (Å²) in [6.45, 7) is 18.5. The lowest BCUT2D eigenvalue weighted by Crippen LogP contribution is -2.57. The van der Waals surface area contributed by atoms with Gasteiger partial charge in [-0.3, -0.25) is 4.90 Å². The molecule has 0 aromatic heterocycles. The quantitative estimate of drug-likeness (QED) is 0.691. The minimum atomic E-state index is -0.807. The van der Waals surface area contributed by atoms with Crippen molar-refractivity contribution in [1.82, 2.24) is 9.80 Å². The number of carboxylic acids is 1. The van der Waals surface area contributed by atoms with Gasteiger partial charge >= 0.3 is 5.97 Å². The average Bonchev–Trinajstić information content (AvgIpc) is 2.60. The van der Waals surface area contributed by atoms with Crippen molar-refractivity contribution in [3.8, 4) is 0 Å². The first-order chi connectivity index (χ1) is 13.1. The maximum Gasteiger partial charge on any atom is 0.337 e. The Morgan fingerprint density at radius 2 is 2.07 bits per heavy atom. The molecule has 0 aliphatic carbocycles. The van der Waals surface area contributed by atoms with Crippen LogP contribution in [-0.4, -0.2) is 59.4 Å². The number of carboxylic acid groups (broad SMARTS) is 1. The van der Waals surface area contributed by atoms with Crippen molar-refractivity contribution in [3.05, 3.63) is 22.9 Å². The molecule has 1 saturated heterocycles. The second kappa shape index (κ2) is 9.45. The fraction of sp³-hybridized carbons (Fsp3) is 0.783. The minimum absolute atomic E-state index is 0.103. The van der Waals surface area contributed by atoms with E-state index in [9.17, 15) is 9.90 Å². The van der Waals surface area contributed by atoms with Crippen LogP contribution in [0.5, 0.6) is 0 Å². The molecule has 3 atom stereocenters. The fourth-order valence-electron chi connectivity index (χ4n) is 4.33. The lowest BCUT2D eigenvalue weighted by atomic mass is 9.88. The molecule has 160 valence electrons. The van der Waals surface area contributed by atoms with Crippen molar-refractivity contribution >= 4 is 5.97 Å². The number of hydrogen-bond donors (Lipinski definition) is 1. The molecule has 2 rings (SSSR count). The SMILES string of the molecule is CCC(C)C1=C(C(=O)O)C(C)=CC(N2CCOC[C@H]2C)N1CCCC(C)(C)C. The molecule has 2 aliphatic heterocycles. The molecule has 28 heavy (non-hydrogen) atoms. The summed E-state index contributed by atoms with van der Waals surface area (Å²) in [5.74, 6) is -0.596. The highest BCUT2D eigenvalue weighted by atomic mass is 16.5.